The van der Waals surface area contributed by atoms with Crippen LogP contribution in [0.25, 0.3) is 11.3 Å². The Balaban J connectivity index is 2.00. The number of anilines is 1. The summed E-state index contributed by atoms with van der Waals surface area (Å²) in [7, 11) is 0. The first-order valence-corrected chi connectivity index (χ1v) is 7.06. The first-order valence-electron chi connectivity index (χ1n) is 6.25. The second kappa shape index (κ2) is 5.09. The zero-order valence-corrected chi connectivity index (χ0v) is 11.1. The largest absolute Gasteiger partial charge is 0.348 e. The number of benzene rings is 1. The Hall–Kier alpha value is -1.75. The third kappa shape index (κ3) is 2.38. The highest BCUT2D eigenvalue weighted by Crippen LogP contribution is 2.33. The third-order valence-electron chi connectivity index (χ3n) is 3.24. The lowest BCUT2D eigenvalue weighted by molar-refractivity contribution is 0.112. The molecular formula is C14H13FN2OS. The summed E-state index contributed by atoms with van der Waals surface area (Å²) in [5.41, 5.74) is 1.44. The van der Waals surface area contributed by atoms with Gasteiger partial charge in [-0.3, -0.25) is 4.79 Å². The van der Waals surface area contributed by atoms with Crippen LogP contribution in [0.1, 0.15) is 22.5 Å². The van der Waals surface area contributed by atoms with Gasteiger partial charge in [0.15, 0.2) is 11.4 Å². The smallest absolute Gasteiger partial charge is 0.186 e. The lowest BCUT2D eigenvalue weighted by Crippen LogP contribution is -2.17. The van der Waals surface area contributed by atoms with Gasteiger partial charge in [0.25, 0.3) is 0 Å². The number of aromatic nitrogens is 1. The van der Waals surface area contributed by atoms with E-state index in [0.29, 0.717) is 10.6 Å². The van der Waals surface area contributed by atoms with Crippen LogP contribution < -0.4 is 4.90 Å². The van der Waals surface area contributed by atoms with Gasteiger partial charge in [0.2, 0.25) is 0 Å². The molecule has 1 aromatic carbocycles. The molecule has 2 heterocycles. The highest BCUT2D eigenvalue weighted by atomic mass is 32.1. The van der Waals surface area contributed by atoms with E-state index in [-0.39, 0.29) is 5.82 Å². The van der Waals surface area contributed by atoms with Crippen molar-refractivity contribution in [1.82, 2.24) is 4.98 Å². The molecule has 0 bridgehead atoms. The molecular weight excluding hydrogens is 263 g/mol. The van der Waals surface area contributed by atoms with E-state index in [1.165, 1.54) is 36.3 Å². The van der Waals surface area contributed by atoms with Crippen molar-refractivity contribution in [2.24, 2.45) is 0 Å². The molecule has 0 amide bonds. The zero-order chi connectivity index (χ0) is 13.2. The number of rotatable bonds is 3. The Morgan fingerprint density at radius 3 is 2.53 bits per heavy atom. The summed E-state index contributed by atoms with van der Waals surface area (Å²) in [5, 5.41) is 0.888. The quantitative estimate of drug-likeness (QED) is 0.806. The number of hydrogen-bond acceptors (Lipinski definition) is 4. The summed E-state index contributed by atoms with van der Waals surface area (Å²) in [6.07, 6.45) is 3.17. The van der Waals surface area contributed by atoms with Gasteiger partial charge in [-0.1, -0.05) is 11.3 Å². The fraction of sp³-hybridized carbons (Fsp3) is 0.286. The molecule has 3 rings (SSSR count). The first-order chi connectivity index (χ1) is 9.28. The summed E-state index contributed by atoms with van der Waals surface area (Å²) in [4.78, 5) is 18.5. The Morgan fingerprint density at radius 2 is 1.89 bits per heavy atom. The highest BCUT2D eigenvalue weighted by Gasteiger charge is 2.19. The van der Waals surface area contributed by atoms with Crippen LogP contribution in [0.2, 0.25) is 0 Å². The maximum Gasteiger partial charge on any atom is 0.186 e. The van der Waals surface area contributed by atoms with Crippen LogP contribution in [0.3, 0.4) is 0 Å². The number of hydrogen-bond donors (Lipinski definition) is 0. The van der Waals surface area contributed by atoms with Crippen LogP contribution in [-0.4, -0.2) is 24.4 Å². The van der Waals surface area contributed by atoms with Crippen LogP contribution >= 0.6 is 11.3 Å². The summed E-state index contributed by atoms with van der Waals surface area (Å²) in [6, 6.07) is 6.09. The maximum absolute atomic E-state index is 12.9. The molecule has 0 atom stereocenters. The number of thiazole rings is 1. The molecule has 3 nitrogen and oxygen atoms in total. The summed E-state index contributed by atoms with van der Waals surface area (Å²) in [5.74, 6) is -0.286. The molecule has 1 saturated heterocycles. The van der Waals surface area contributed by atoms with E-state index in [1.807, 2.05) is 0 Å². The monoisotopic (exact) mass is 276 g/mol. The number of carbonyl (C=O) groups is 1. The van der Waals surface area contributed by atoms with Crippen LogP contribution in [0, 0.1) is 5.82 Å². The minimum atomic E-state index is -0.286. The fourth-order valence-electron chi connectivity index (χ4n) is 2.26. The number of aldehydes is 1. The maximum atomic E-state index is 12.9. The molecule has 1 aliphatic heterocycles. The topological polar surface area (TPSA) is 33.2 Å². The van der Waals surface area contributed by atoms with Crippen LogP contribution in [0.5, 0.6) is 0 Å². The van der Waals surface area contributed by atoms with Crippen molar-refractivity contribution in [3.8, 4) is 11.3 Å². The van der Waals surface area contributed by atoms with Gasteiger partial charge in [-0.15, -0.1) is 0 Å². The second-order valence-corrected chi connectivity index (χ2v) is 5.54. The molecule has 5 heteroatoms. The van der Waals surface area contributed by atoms with Crippen molar-refractivity contribution in [3.63, 3.8) is 0 Å². The number of nitrogens with zero attached hydrogens (tertiary/aromatic N) is 2. The van der Waals surface area contributed by atoms with Gasteiger partial charge < -0.3 is 4.90 Å². The summed E-state index contributed by atoms with van der Waals surface area (Å²) >= 11 is 1.41. The summed E-state index contributed by atoms with van der Waals surface area (Å²) in [6.45, 7) is 1.99. The van der Waals surface area contributed by atoms with Gasteiger partial charge in [0, 0.05) is 18.7 Å². The van der Waals surface area contributed by atoms with Crippen LogP contribution in [-0.2, 0) is 0 Å². The summed E-state index contributed by atoms with van der Waals surface area (Å²) < 4.78 is 12.9. The lowest BCUT2D eigenvalue weighted by atomic mass is 10.1. The van der Waals surface area contributed by atoms with E-state index < -0.39 is 0 Å². The lowest BCUT2D eigenvalue weighted by Gasteiger charge is -2.12. The predicted molar refractivity (Wildman–Crippen MR) is 74.3 cm³/mol. The average molecular weight is 276 g/mol. The number of halogens is 1. The molecule has 0 N–H and O–H groups in total. The normalized spacial score (nSPS) is 14.9. The van der Waals surface area contributed by atoms with Crippen LogP contribution in [0.4, 0.5) is 9.52 Å². The van der Waals surface area contributed by atoms with Crippen molar-refractivity contribution in [2.75, 3.05) is 18.0 Å². The minimum Gasteiger partial charge on any atom is -0.348 e. The zero-order valence-electron chi connectivity index (χ0n) is 10.3. The Bertz CT molecular complexity index is 588. The van der Waals surface area contributed by atoms with E-state index in [4.69, 9.17) is 0 Å². The van der Waals surface area contributed by atoms with E-state index in [1.54, 1.807) is 12.1 Å². The Morgan fingerprint density at radius 1 is 1.21 bits per heavy atom. The molecule has 1 fully saturated rings. The van der Waals surface area contributed by atoms with Gasteiger partial charge in [0.1, 0.15) is 5.82 Å². The molecule has 2 aromatic rings. The molecule has 0 aliphatic carbocycles. The first kappa shape index (κ1) is 12.3. The van der Waals surface area contributed by atoms with Crippen molar-refractivity contribution < 1.29 is 9.18 Å². The van der Waals surface area contributed by atoms with E-state index in [0.717, 1.165) is 30.1 Å². The average Bonchev–Trinajstić information content (AvgIpc) is 3.08. The standard InChI is InChI=1S/C14H13FN2OS/c15-11-5-3-10(4-6-11)13-12(9-18)19-14(16-13)17-7-1-2-8-17/h3-6,9H,1-2,7-8H2. The molecule has 19 heavy (non-hydrogen) atoms. The molecule has 0 spiro atoms. The third-order valence-corrected chi connectivity index (χ3v) is 4.28. The molecule has 0 unspecified atom stereocenters. The van der Waals surface area contributed by atoms with Crippen molar-refractivity contribution in [3.05, 3.63) is 35.0 Å². The molecule has 0 radical (unpaired) electrons. The SMILES string of the molecule is O=Cc1sc(N2CCCC2)nc1-c1ccc(F)cc1. The van der Waals surface area contributed by atoms with Gasteiger partial charge in [-0.2, -0.15) is 0 Å². The van der Waals surface area contributed by atoms with Crippen molar-refractivity contribution >= 4 is 22.8 Å². The van der Waals surface area contributed by atoms with Crippen molar-refractivity contribution in [2.45, 2.75) is 12.8 Å². The Kier molecular flexibility index (Phi) is 3.29. The number of carbonyl (C=O) groups excluding carboxylic acids is 1. The Labute approximate surface area is 114 Å². The van der Waals surface area contributed by atoms with E-state index >= 15 is 0 Å². The second-order valence-electron chi connectivity index (χ2n) is 4.53. The van der Waals surface area contributed by atoms with Gasteiger partial charge in [-0.05, 0) is 37.1 Å². The van der Waals surface area contributed by atoms with E-state index in [9.17, 15) is 9.18 Å². The molecule has 1 aromatic heterocycles. The minimum absolute atomic E-state index is 0.286. The van der Waals surface area contributed by atoms with Gasteiger partial charge >= 0.3 is 0 Å². The van der Waals surface area contributed by atoms with E-state index in [2.05, 4.69) is 9.88 Å². The van der Waals surface area contributed by atoms with Gasteiger partial charge in [0.05, 0.1) is 10.6 Å². The molecule has 0 saturated carbocycles. The molecule has 1 aliphatic rings. The van der Waals surface area contributed by atoms with Crippen LogP contribution in [0.15, 0.2) is 24.3 Å². The molecule has 98 valence electrons. The predicted octanol–water partition coefficient (Wildman–Crippen LogP) is 3.36. The van der Waals surface area contributed by atoms with Gasteiger partial charge in [-0.25, -0.2) is 9.37 Å². The van der Waals surface area contributed by atoms with Crippen molar-refractivity contribution in [1.29, 1.82) is 0 Å². The highest BCUT2D eigenvalue weighted by molar-refractivity contribution is 7.17. The fourth-order valence-corrected chi connectivity index (χ4v) is 3.21.